The Kier molecular flexibility index (Phi) is 7.39. The zero-order valence-corrected chi connectivity index (χ0v) is 13.0. The van der Waals surface area contributed by atoms with Crippen molar-refractivity contribution in [2.45, 2.75) is 38.6 Å². The highest BCUT2D eigenvalue weighted by molar-refractivity contribution is 5.39. The van der Waals surface area contributed by atoms with Crippen molar-refractivity contribution in [3.63, 3.8) is 0 Å². The van der Waals surface area contributed by atoms with Crippen molar-refractivity contribution in [2.75, 3.05) is 33.0 Å². The van der Waals surface area contributed by atoms with Crippen molar-refractivity contribution in [1.29, 1.82) is 0 Å². The average molecular weight is 293 g/mol. The van der Waals surface area contributed by atoms with E-state index in [9.17, 15) is 0 Å². The highest BCUT2D eigenvalue weighted by atomic mass is 16.5. The van der Waals surface area contributed by atoms with Crippen LogP contribution in [0.25, 0.3) is 0 Å². The van der Waals surface area contributed by atoms with Crippen LogP contribution in [0.5, 0.6) is 11.5 Å². The van der Waals surface area contributed by atoms with Crippen molar-refractivity contribution in [1.82, 2.24) is 5.32 Å². The van der Waals surface area contributed by atoms with Crippen LogP contribution < -0.4 is 14.8 Å². The third-order valence-corrected chi connectivity index (χ3v) is 3.66. The molecule has 4 nitrogen and oxygen atoms in total. The van der Waals surface area contributed by atoms with Crippen LogP contribution in [0.2, 0.25) is 0 Å². The summed E-state index contributed by atoms with van der Waals surface area (Å²) in [6, 6.07) is 8.39. The van der Waals surface area contributed by atoms with Gasteiger partial charge in [-0.25, -0.2) is 0 Å². The van der Waals surface area contributed by atoms with E-state index in [0.29, 0.717) is 25.9 Å². The van der Waals surface area contributed by atoms with Crippen LogP contribution >= 0.6 is 0 Å². The fourth-order valence-electron chi connectivity index (χ4n) is 2.55. The molecular formula is C17H27NO3. The Morgan fingerprint density at radius 2 is 1.86 bits per heavy atom. The molecule has 1 aromatic rings. The summed E-state index contributed by atoms with van der Waals surface area (Å²) >= 11 is 0. The van der Waals surface area contributed by atoms with Gasteiger partial charge in [0.2, 0.25) is 0 Å². The smallest absolute Gasteiger partial charge is 0.161 e. The normalized spacial score (nSPS) is 18.4. The molecule has 1 heterocycles. The van der Waals surface area contributed by atoms with Crippen molar-refractivity contribution in [3.8, 4) is 11.5 Å². The Hall–Kier alpha value is -1.26. The molecule has 0 amide bonds. The molecule has 21 heavy (non-hydrogen) atoms. The van der Waals surface area contributed by atoms with E-state index in [-0.39, 0.29) is 0 Å². The van der Waals surface area contributed by atoms with Gasteiger partial charge in [-0.1, -0.05) is 18.6 Å². The van der Waals surface area contributed by atoms with Gasteiger partial charge in [0.15, 0.2) is 11.5 Å². The third-order valence-electron chi connectivity index (χ3n) is 3.66. The number of benzene rings is 1. The van der Waals surface area contributed by atoms with Gasteiger partial charge in [-0.05, 0) is 44.9 Å². The van der Waals surface area contributed by atoms with Gasteiger partial charge < -0.3 is 19.5 Å². The van der Waals surface area contributed by atoms with E-state index in [4.69, 9.17) is 14.2 Å². The first-order valence-electron chi connectivity index (χ1n) is 8.06. The minimum absolute atomic E-state index is 0.558. The molecule has 0 aliphatic carbocycles. The summed E-state index contributed by atoms with van der Waals surface area (Å²) in [6.07, 6.45) is 5.02. The SMILES string of the molecule is CCOc1ccccc1OCCOCCC1CCCCN1. The first kappa shape index (κ1) is 16.1. The molecule has 0 saturated carbocycles. The van der Waals surface area contributed by atoms with Gasteiger partial charge in [-0.15, -0.1) is 0 Å². The quantitative estimate of drug-likeness (QED) is 0.711. The molecule has 1 fully saturated rings. The van der Waals surface area contributed by atoms with Crippen molar-refractivity contribution in [3.05, 3.63) is 24.3 Å². The summed E-state index contributed by atoms with van der Waals surface area (Å²) in [5, 5.41) is 3.53. The lowest BCUT2D eigenvalue weighted by Crippen LogP contribution is -2.34. The van der Waals surface area contributed by atoms with Gasteiger partial charge in [-0.2, -0.15) is 0 Å². The average Bonchev–Trinajstić information content (AvgIpc) is 2.53. The molecular weight excluding hydrogens is 266 g/mol. The van der Waals surface area contributed by atoms with Gasteiger partial charge in [0.05, 0.1) is 13.2 Å². The molecule has 0 aromatic heterocycles. The standard InChI is InChI=1S/C17H27NO3/c1-2-20-16-8-3-4-9-17(16)21-14-13-19-12-10-15-7-5-6-11-18-15/h3-4,8-9,15,18H,2,5-7,10-14H2,1H3. The summed E-state index contributed by atoms with van der Waals surface area (Å²) in [6.45, 7) is 5.75. The minimum atomic E-state index is 0.558. The second kappa shape index (κ2) is 9.64. The Bertz CT molecular complexity index is 391. The molecule has 118 valence electrons. The van der Waals surface area contributed by atoms with Gasteiger partial charge in [0.25, 0.3) is 0 Å². The molecule has 2 rings (SSSR count). The summed E-state index contributed by atoms with van der Waals surface area (Å²) < 4.78 is 16.9. The second-order valence-electron chi connectivity index (χ2n) is 5.28. The number of rotatable bonds is 9. The maximum absolute atomic E-state index is 5.72. The van der Waals surface area contributed by atoms with Crippen LogP contribution in [0.4, 0.5) is 0 Å². The number of ether oxygens (including phenoxy) is 3. The molecule has 1 aliphatic rings. The van der Waals surface area contributed by atoms with E-state index < -0.39 is 0 Å². The molecule has 0 radical (unpaired) electrons. The van der Waals surface area contributed by atoms with Crippen LogP contribution in [-0.4, -0.2) is 39.0 Å². The van der Waals surface area contributed by atoms with Crippen LogP contribution in [0, 0.1) is 0 Å². The lowest BCUT2D eigenvalue weighted by Gasteiger charge is -2.23. The fourth-order valence-corrected chi connectivity index (χ4v) is 2.55. The number of piperidine rings is 1. The molecule has 1 aromatic carbocycles. The zero-order valence-electron chi connectivity index (χ0n) is 13.0. The number of para-hydroxylation sites is 2. The van der Waals surface area contributed by atoms with Gasteiger partial charge in [0.1, 0.15) is 6.61 Å². The minimum Gasteiger partial charge on any atom is -0.490 e. The van der Waals surface area contributed by atoms with E-state index in [0.717, 1.165) is 31.1 Å². The first-order chi connectivity index (χ1) is 10.4. The molecule has 1 saturated heterocycles. The Morgan fingerprint density at radius 3 is 2.57 bits per heavy atom. The van der Waals surface area contributed by atoms with Crippen LogP contribution in [0.1, 0.15) is 32.6 Å². The predicted octanol–water partition coefficient (Wildman–Crippen LogP) is 3.01. The van der Waals surface area contributed by atoms with Gasteiger partial charge in [-0.3, -0.25) is 0 Å². The fraction of sp³-hybridized carbons (Fsp3) is 0.647. The monoisotopic (exact) mass is 293 g/mol. The summed E-state index contributed by atoms with van der Waals surface area (Å²) in [5.74, 6) is 1.59. The molecule has 0 spiro atoms. The molecule has 1 aliphatic heterocycles. The Balaban J connectivity index is 1.57. The van der Waals surface area contributed by atoms with Crippen molar-refractivity contribution in [2.24, 2.45) is 0 Å². The van der Waals surface area contributed by atoms with Crippen molar-refractivity contribution < 1.29 is 14.2 Å². The van der Waals surface area contributed by atoms with E-state index in [1.165, 1.54) is 19.3 Å². The zero-order chi connectivity index (χ0) is 14.8. The van der Waals surface area contributed by atoms with E-state index in [1.807, 2.05) is 31.2 Å². The highest BCUT2D eigenvalue weighted by Crippen LogP contribution is 2.26. The maximum Gasteiger partial charge on any atom is 0.161 e. The molecule has 1 atom stereocenters. The summed E-state index contributed by atoms with van der Waals surface area (Å²) in [7, 11) is 0. The molecule has 1 unspecified atom stereocenters. The predicted molar refractivity (Wildman–Crippen MR) is 84.2 cm³/mol. The molecule has 4 heteroatoms. The van der Waals surface area contributed by atoms with Crippen LogP contribution in [0.3, 0.4) is 0 Å². The van der Waals surface area contributed by atoms with Crippen LogP contribution in [0.15, 0.2) is 24.3 Å². The van der Waals surface area contributed by atoms with Crippen LogP contribution in [-0.2, 0) is 4.74 Å². The Morgan fingerprint density at radius 1 is 1.05 bits per heavy atom. The largest absolute Gasteiger partial charge is 0.490 e. The van der Waals surface area contributed by atoms with Gasteiger partial charge in [0, 0.05) is 12.6 Å². The lowest BCUT2D eigenvalue weighted by molar-refractivity contribution is 0.0899. The molecule has 0 bridgehead atoms. The number of nitrogens with one attached hydrogen (secondary N) is 1. The number of hydrogen-bond acceptors (Lipinski definition) is 4. The number of hydrogen-bond donors (Lipinski definition) is 1. The summed E-state index contributed by atoms with van der Waals surface area (Å²) in [5.41, 5.74) is 0. The molecule has 1 N–H and O–H groups in total. The van der Waals surface area contributed by atoms with Crippen molar-refractivity contribution >= 4 is 0 Å². The third kappa shape index (κ3) is 5.94. The second-order valence-corrected chi connectivity index (χ2v) is 5.28. The van der Waals surface area contributed by atoms with Gasteiger partial charge >= 0.3 is 0 Å². The lowest BCUT2D eigenvalue weighted by atomic mass is 10.0. The topological polar surface area (TPSA) is 39.7 Å². The highest BCUT2D eigenvalue weighted by Gasteiger charge is 2.11. The van der Waals surface area contributed by atoms with E-state index in [1.54, 1.807) is 0 Å². The maximum atomic E-state index is 5.72. The Labute approximate surface area is 127 Å². The first-order valence-corrected chi connectivity index (χ1v) is 8.06. The summed E-state index contributed by atoms with van der Waals surface area (Å²) in [4.78, 5) is 0. The van der Waals surface area contributed by atoms with E-state index in [2.05, 4.69) is 5.32 Å². The van der Waals surface area contributed by atoms with E-state index >= 15 is 0 Å².